The van der Waals surface area contributed by atoms with Crippen molar-refractivity contribution in [3.63, 3.8) is 0 Å². The number of halogens is 1. The predicted octanol–water partition coefficient (Wildman–Crippen LogP) is 3.24. The smallest absolute Gasteiger partial charge is 0.268 e. The molecule has 1 amide bonds. The molecule has 4 rings (SSSR count). The third-order valence-corrected chi connectivity index (χ3v) is 7.55. The van der Waals surface area contributed by atoms with E-state index in [1.807, 2.05) is 24.3 Å². The van der Waals surface area contributed by atoms with E-state index in [-0.39, 0.29) is 17.0 Å². The van der Waals surface area contributed by atoms with Crippen LogP contribution in [0.5, 0.6) is 0 Å². The molecule has 0 saturated heterocycles. The van der Waals surface area contributed by atoms with Gasteiger partial charge < -0.3 is 19.6 Å². The van der Waals surface area contributed by atoms with Gasteiger partial charge in [-0.25, -0.2) is 13.6 Å². The van der Waals surface area contributed by atoms with E-state index in [1.54, 1.807) is 25.3 Å². The monoisotopic (exact) mass is 529 g/mol. The number of nitrogens with two attached hydrogens (primary N) is 1. The second-order valence-electron chi connectivity index (χ2n) is 8.57. The summed E-state index contributed by atoms with van der Waals surface area (Å²) in [7, 11) is -2.25. The lowest BCUT2D eigenvalue weighted by molar-refractivity contribution is -0.132. The lowest BCUT2D eigenvalue weighted by Crippen LogP contribution is -2.41. The average molecular weight is 530 g/mol. The molecule has 8 nitrogen and oxygen atoms in total. The topological polar surface area (TPSA) is 113 Å². The van der Waals surface area contributed by atoms with Crippen molar-refractivity contribution in [1.29, 1.82) is 0 Å². The highest BCUT2D eigenvalue weighted by molar-refractivity contribution is 7.89. The van der Waals surface area contributed by atoms with E-state index >= 15 is 0 Å². The van der Waals surface area contributed by atoms with Crippen LogP contribution in [0.2, 0.25) is 5.02 Å². The molecule has 0 aromatic heterocycles. The molecule has 36 heavy (non-hydrogen) atoms. The zero-order valence-electron chi connectivity index (χ0n) is 20.0. The first-order valence-electron chi connectivity index (χ1n) is 11.4. The third-order valence-electron chi connectivity index (χ3n) is 6.38. The summed E-state index contributed by atoms with van der Waals surface area (Å²) in [6.07, 6.45) is 0. The Labute approximate surface area is 215 Å². The number of carbonyl (C=O) groups excluding carboxylic acids is 1. The maximum atomic E-state index is 13.7. The van der Waals surface area contributed by atoms with Crippen LogP contribution < -0.4 is 14.9 Å². The van der Waals surface area contributed by atoms with Crippen molar-refractivity contribution < 1.29 is 23.1 Å². The number of likely N-dealkylation sites (N-methyl/N-ethyl adjacent to an activating group) is 1. The molecule has 1 heterocycles. The Hall–Kier alpha value is -2.95. The molecule has 1 unspecified atom stereocenters. The predicted molar refractivity (Wildman–Crippen MR) is 140 cm³/mol. The van der Waals surface area contributed by atoms with E-state index < -0.39 is 21.5 Å². The zero-order valence-corrected chi connectivity index (χ0v) is 21.6. The van der Waals surface area contributed by atoms with E-state index in [0.717, 1.165) is 24.3 Å². The normalized spacial score (nSPS) is 17.4. The number of hydrogen-bond donors (Lipinski definition) is 2. The van der Waals surface area contributed by atoms with Crippen LogP contribution in [0.4, 0.5) is 11.4 Å². The number of sulfonamides is 1. The Balaban J connectivity index is 1.67. The van der Waals surface area contributed by atoms with Gasteiger partial charge in [0.25, 0.3) is 5.91 Å². The maximum absolute atomic E-state index is 13.7. The molecule has 3 N–H and O–H groups in total. The summed E-state index contributed by atoms with van der Waals surface area (Å²) in [5.74, 6) is -0.553. The van der Waals surface area contributed by atoms with Gasteiger partial charge in [0, 0.05) is 36.5 Å². The van der Waals surface area contributed by atoms with Gasteiger partial charge in [-0.15, -0.1) is 0 Å². The van der Waals surface area contributed by atoms with Crippen molar-refractivity contribution in [2.75, 3.05) is 36.6 Å². The van der Waals surface area contributed by atoms with Crippen molar-refractivity contribution >= 4 is 38.9 Å². The van der Waals surface area contributed by atoms with Crippen LogP contribution in [0.25, 0.3) is 0 Å². The minimum atomic E-state index is -3.92. The third kappa shape index (κ3) is 4.85. The number of benzene rings is 3. The van der Waals surface area contributed by atoms with E-state index in [1.165, 1.54) is 29.2 Å². The molecule has 190 valence electrons. The molecular formula is C26H28ClN3O5S. The summed E-state index contributed by atoms with van der Waals surface area (Å²) in [6.45, 7) is 4.52. The van der Waals surface area contributed by atoms with Crippen LogP contribution >= 0.6 is 11.6 Å². The molecule has 0 bridgehead atoms. The van der Waals surface area contributed by atoms with Crippen molar-refractivity contribution in [1.82, 2.24) is 0 Å². The molecular weight excluding hydrogens is 502 g/mol. The number of fused-ring (bicyclic) bond motifs is 1. The van der Waals surface area contributed by atoms with E-state index in [9.17, 15) is 18.3 Å². The van der Waals surface area contributed by atoms with Crippen LogP contribution in [0.15, 0.2) is 71.6 Å². The number of carbonyl (C=O) groups is 1. The van der Waals surface area contributed by atoms with Gasteiger partial charge in [0.05, 0.1) is 23.7 Å². The van der Waals surface area contributed by atoms with Gasteiger partial charge in [-0.2, -0.15) is 0 Å². The van der Waals surface area contributed by atoms with Crippen LogP contribution in [0.1, 0.15) is 23.6 Å². The summed E-state index contributed by atoms with van der Waals surface area (Å²) in [5, 5.41) is 17.3. The second-order valence-corrected chi connectivity index (χ2v) is 10.6. The van der Waals surface area contributed by atoms with Gasteiger partial charge >= 0.3 is 0 Å². The first kappa shape index (κ1) is 26.1. The number of rotatable bonds is 9. The van der Waals surface area contributed by atoms with Crippen LogP contribution in [-0.4, -0.2) is 46.2 Å². The molecule has 1 atom stereocenters. The van der Waals surface area contributed by atoms with Crippen LogP contribution in [-0.2, 0) is 31.7 Å². The molecule has 0 aliphatic carbocycles. The van der Waals surface area contributed by atoms with Gasteiger partial charge in [0.15, 0.2) is 5.60 Å². The van der Waals surface area contributed by atoms with Gasteiger partial charge in [-0.3, -0.25) is 4.79 Å². The molecule has 3 aromatic rings. The second kappa shape index (κ2) is 10.2. The van der Waals surface area contributed by atoms with Crippen molar-refractivity contribution in [2.45, 2.75) is 24.0 Å². The number of anilines is 2. The molecule has 3 aromatic carbocycles. The largest absolute Gasteiger partial charge is 0.383 e. The molecule has 0 radical (unpaired) electrons. The molecule has 1 aliphatic rings. The van der Waals surface area contributed by atoms with E-state index in [0.29, 0.717) is 22.9 Å². The lowest BCUT2D eigenvalue weighted by atomic mass is 9.87. The SMILES string of the molecule is CCN(CCOC)c1ccc(CN2C(=O)C(O)(c3ccc(S(N)(=O)=O)cc3)c3cc(Cl)ccc32)cc1. The minimum Gasteiger partial charge on any atom is -0.383 e. The highest BCUT2D eigenvalue weighted by Crippen LogP contribution is 2.46. The molecule has 0 spiro atoms. The summed E-state index contributed by atoms with van der Waals surface area (Å²) in [6, 6.07) is 18.1. The molecule has 0 saturated carbocycles. The Morgan fingerprint density at radius 1 is 1.08 bits per heavy atom. The van der Waals surface area contributed by atoms with Gasteiger partial charge in [0.1, 0.15) is 0 Å². The highest BCUT2D eigenvalue weighted by Gasteiger charge is 2.51. The van der Waals surface area contributed by atoms with Gasteiger partial charge in [-0.05, 0) is 60.5 Å². The molecule has 10 heteroatoms. The standard InChI is InChI=1S/C26H28ClN3O5S/c1-3-29(14-15-35-2)21-9-4-18(5-10-21)17-30-24-13-8-20(27)16-23(24)26(32,25(30)31)19-6-11-22(12-7-19)36(28,33)34/h4-13,16,32H,3,14-15,17H2,1-2H3,(H2,28,33,34). The number of methoxy groups -OCH3 is 1. The first-order valence-corrected chi connectivity index (χ1v) is 13.3. The quantitative estimate of drug-likeness (QED) is 0.440. The van der Waals surface area contributed by atoms with Gasteiger partial charge in [0.2, 0.25) is 10.0 Å². The maximum Gasteiger partial charge on any atom is 0.268 e. The molecule has 1 aliphatic heterocycles. The fourth-order valence-corrected chi connectivity index (χ4v) is 5.13. The Morgan fingerprint density at radius 3 is 2.33 bits per heavy atom. The average Bonchev–Trinajstić information content (AvgIpc) is 3.07. The Kier molecular flexibility index (Phi) is 7.40. The summed E-state index contributed by atoms with van der Waals surface area (Å²) >= 11 is 6.23. The highest BCUT2D eigenvalue weighted by atomic mass is 35.5. The number of hydrogen-bond acceptors (Lipinski definition) is 6. The number of aliphatic hydroxyl groups is 1. The van der Waals surface area contributed by atoms with Crippen LogP contribution in [0, 0.1) is 0 Å². The van der Waals surface area contributed by atoms with E-state index in [4.69, 9.17) is 21.5 Å². The number of amides is 1. The van der Waals surface area contributed by atoms with E-state index in [2.05, 4.69) is 11.8 Å². The van der Waals surface area contributed by atoms with Gasteiger partial charge in [-0.1, -0.05) is 35.9 Å². The van der Waals surface area contributed by atoms with Crippen LogP contribution in [0.3, 0.4) is 0 Å². The summed E-state index contributed by atoms with van der Waals surface area (Å²) in [5.41, 5.74) is 0.974. The lowest BCUT2D eigenvalue weighted by Gasteiger charge is -2.25. The fourth-order valence-electron chi connectivity index (χ4n) is 4.44. The first-order chi connectivity index (χ1) is 17.1. The van der Waals surface area contributed by atoms with Crippen molar-refractivity contribution in [2.24, 2.45) is 5.14 Å². The van der Waals surface area contributed by atoms with Crippen molar-refractivity contribution in [3.8, 4) is 0 Å². The summed E-state index contributed by atoms with van der Waals surface area (Å²) < 4.78 is 28.5. The Morgan fingerprint density at radius 2 is 1.75 bits per heavy atom. The number of nitrogens with zero attached hydrogens (tertiary/aromatic N) is 2. The van der Waals surface area contributed by atoms with Crippen molar-refractivity contribution in [3.05, 3.63) is 88.4 Å². The Bertz CT molecular complexity index is 1360. The minimum absolute atomic E-state index is 0.116. The zero-order chi connectivity index (χ0) is 26.1. The molecule has 0 fully saturated rings. The fraction of sp³-hybridized carbons (Fsp3) is 0.269. The number of ether oxygens (including phenoxy) is 1. The number of primary sulfonamides is 1. The summed E-state index contributed by atoms with van der Waals surface area (Å²) in [4.78, 5) is 17.3.